The Morgan fingerprint density at radius 2 is 1.82 bits per heavy atom. The van der Waals surface area contributed by atoms with Gasteiger partial charge in [-0.15, -0.1) is 0 Å². The van der Waals surface area contributed by atoms with E-state index in [1.165, 1.54) is 6.33 Å². The van der Waals surface area contributed by atoms with Crippen molar-refractivity contribution in [3.8, 4) is 11.5 Å². The Morgan fingerprint density at radius 3 is 2.57 bits per heavy atom. The molecule has 7 nitrogen and oxygen atoms in total. The van der Waals surface area contributed by atoms with Gasteiger partial charge in [0.2, 0.25) is 0 Å². The molecule has 1 heterocycles. The Bertz CT molecular complexity index is 932. The van der Waals surface area contributed by atoms with E-state index in [-0.39, 0.29) is 11.6 Å². The Labute approximate surface area is 163 Å². The minimum absolute atomic E-state index is 0.251. The first-order valence-corrected chi connectivity index (χ1v) is 8.83. The molecular weight excluding hydrogens is 356 g/mol. The molecule has 2 aromatic carbocycles. The monoisotopic (exact) mass is 378 g/mol. The van der Waals surface area contributed by atoms with Gasteiger partial charge in [0.15, 0.2) is 0 Å². The van der Waals surface area contributed by atoms with Crippen molar-refractivity contribution in [2.24, 2.45) is 0 Å². The van der Waals surface area contributed by atoms with Gasteiger partial charge in [0, 0.05) is 18.7 Å². The van der Waals surface area contributed by atoms with Crippen molar-refractivity contribution in [2.45, 2.75) is 6.42 Å². The second-order valence-corrected chi connectivity index (χ2v) is 5.97. The summed E-state index contributed by atoms with van der Waals surface area (Å²) in [5.41, 5.74) is 2.13. The third kappa shape index (κ3) is 4.97. The third-order valence-corrected chi connectivity index (χ3v) is 4.11. The van der Waals surface area contributed by atoms with Crippen LogP contribution in [-0.4, -0.2) is 36.6 Å². The highest BCUT2D eigenvalue weighted by Gasteiger charge is 2.11. The summed E-state index contributed by atoms with van der Waals surface area (Å²) in [6, 6.07) is 17.0. The number of aromatic nitrogens is 2. The van der Waals surface area contributed by atoms with Crippen molar-refractivity contribution < 1.29 is 14.3 Å². The standard InChI is InChI=1S/C21H22N4O3/c1-27-16-8-9-19(28-2)17(12-16)25-20-13-18(23-14-24-20)21(26)22-11-10-15-6-4-3-5-7-15/h3-9,12-14H,10-11H2,1-2H3,(H,22,26)(H,23,24,25). The van der Waals surface area contributed by atoms with E-state index in [2.05, 4.69) is 20.6 Å². The Hall–Kier alpha value is -3.61. The largest absolute Gasteiger partial charge is 0.497 e. The highest BCUT2D eigenvalue weighted by molar-refractivity contribution is 5.93. The molecule has 0 radical (unpaired) electrons. The first kappa shape index (κ1) is 19.2. The van der Waals surface area contributed by atoms with Gasteiger partial charge in [0.1, 0.15) is 29.3 Å². The predicted octanol–water partition coefficient (Wildman–Crippen LogP) is 3.21. The number of ether oxygens (including phenoxy) is 2. The fourth-order valence-corrected chi connectivity index (χ4v) is 2.66. The van der Waals surface area contributed by atoms with Gasteiger partial charge in [-0.3, -0.25) is 4.79 Å². The molecule has 3 rings (SSSR count). The summed E-state index contributed by atoms with van der Waals surface area (Å²) in [5, 5.41) is 6.02. The molecule has 28 heavy (non-hydrogen) atoms. The smallest absolute Gasteiger partial charge is 0.270 e. The van der Waals surface area contributed by atoms with Crippen molar-refractivity contribution in [1.29, 1.82) is 0 Å². The van der Waals surface area contributed by atoms with Crippen LogP contribution in [0.1, 0.15) is 16.1 Å². The number of hydrogen-bond acceptors (Lipinski definition) is 6. The summed E-state index contributed by atoms with van der Waals surface area (Å²) in [6.45, 7) is 0.527. The summed E-state index contributed by atoms with van der Waals surface area (Å²) in [5.74, 6) is 1.54. The number of carbonyl (C=O) groups is 1. The van der Waals surface area contributed by atoms with Gasteiger partial charge >= 0.3 is 0 Å². The number of rotatable bonds is 8. The Kier molecular flexibility index (Phi) is 6.41. The Balaban J connectivity index is 1.66. The maximum absolute atomic E-state index is 12.4. The van der Waals surface area contributed by atoms with Crippen molar-refractivity contribution >= 4 is 17.4 Å². The lowest BCUT2D eigenvalue weighted by Gasteiger charge is -2.12. The van der Waals surface area contributed by atoms with Crippen molar-refractivity contribution in [3.05, 3.63) is 72.2 Å². The lowest BCUT2D eigenvalue weighted by Crippen LogP contribution is -2.26. The van der Waals surface area contributed by atoms with Gasteiger partial charge in [-0.05, 0) is 24.1 Å². The highest BCUT2D eigenvalue weighted by Crippen LogP contribution is 2.30. The molecule has 0 atom stereocenters. The van der Waals surface area contributed by atoms with E-state index in [0.29, 0.717) is 29.5 Å². The Morgan fingerprint density at radius 1 is 1.00 bits per heavy atom. The average Bonchev–Trinajstić information content (AvgIpc) is 2.74. The van der Waals surface area contributed by atoms with Crippen LogP contribution in [0.5, 0.6) is 11.5 Å². The molecule has 0 bridgehead atoms. The molecule has 1 aromatic heterocycles. The van der Waals surface area contributed by atoms with E-state index in [1.54, 1.807) is 38.5 Å². The number of benzene rings is 2. The van der Waals surface area contributed by atoms with E-state index >= 15 is 0 Å². The second-order valence-electron chi connectivity index (χ2n) is 5.97. The molecule has 0 unspecified atom stereocenters. The molecule has 0 saturated heterocycles. The normalized spacial score (nSPS) is 10.2. The summed E-state index contributed by atoms with van der Waals surface area (Å²) in [4.78, 5) is 20.6. The maximum atomic E-state index is 12.4. The van der Waals surface area contributed by atoms with Crippen LogP contribution in [0, 0.1) is 0 Å². The molecule has 1 amide bonds. The van der Waals surface area contributed by atoms with E-state index in [9.17, 15) is 4.79 Å². The fourth-order valence-electron chi connectivity index (χ4n) is 2.66. The number of nitrogens with zero attached hydrogens (tertiary/aromatic N) is 2. The van der Waals surface area contributed by atoms with Crippen LogP contribution in [0.25, 0.3) is 0 Å². The summed E-state index contributed by atoms with van der Waals surface area (Å²) in [6.07, 6.45) is 2.10. The lowest BCUT2D eigenvalue weighted by atomic mass is 10.1. The predicted molar refractivity (Wildman–Crippen MR) is 107 cm³/mol. The van der Waals surface area contributed by atoms with Crippen molar-refractivity contribution in [3.63, 3.8) is 0 Å². The molecule has 0 aliphatic carbocycles. The minimum atomic E-state index is -0.251. The first-order chi connectivity index (χ1) is 13.7. The highest BCUT2D eigenvalue weighted by atomic mass is 16.5. The maximum Gasteiger partial charge on any atom is 0.270 e. The van der Waals surface area contributed by atoms with Gasteiger partial charge in [0.05, 0.1) is 19.9 Å². The molecule has 0 fully saturated rings. The third-order valence-electron chi connectivity index (χ3n) is 4.11. The van der Waals surface area contributed by atoms with Gasteiger partial charge in [-0.25, -0.2) is 9.97 Å². The van der Waals surface area contributed by atoms with Crippen molar-refractivity contribution in [2.75, 3.05) is 26.1 Å². The van der Waals surface area contributed by atoms with Crippen LogP contribution >= 0.6 is 0 Å². The zero-order valence-electron chi connectivity index (χ0n) is 15.8. The lowest BCUT2D eigenvalue weighted by molar-refractivity contribution is 0.0949. The number of anilines is 2. The van der Waals surface area contributed by atoms with Gasteiger partial charge in [0.25, 0.3) is 5.91 Å². The first-order valence-electron chi connectivity index (χ1n) is 8.83. The van der Waals surface area contributed by atoms with Gasteiger partial charge in [-0.2, -0.15) is 0 Å². The topological polar surface area (TPSA) is 85.4 Å². The fraction of sp³-hybridized carbons (Fsp3) is 0.190. The second kappa shape index (κ2) is 9.36. The quantitative estimate of drug-likeness (QED) is 0.626. The van der Waals surface area contributed by atoms with E-state index in [0.717, 1.165) is 12.0 Å². The number of carbonyl (C=O) groups excluding carboxylic acids is 1. The molecule has 0 aliphatic rings. The zero-order chi connectivity index (χ0) is 19.8. The molecule has 3 aromatic rings. The SMILES string of the molecule is COc1ccc(OC)c(Nc2cc(C(=O)NCCc3ccccc3)ncn2)c1. The van der Waals surface area contributed by atoms with Crippen LogP contribution in [0.4, 0.5) is 11.5 Å². The van der Waals surface area contributed by atoms with Crippen LogP contribution < -0.4 is 20.1 Å². The molecule has 2 N–H and O–H groups in total. The summed E-state index contributed by atoms with van der Waals surface area (Å²) >= 11 is 0. The zero-order valence-corrected chi connectivity index (χ0v) is 15.8. The van der Waals surface area contributed by atoms with Crippen LogP contribution in [0.2, 0.25) is 0 Å². The van der Waals surface area contributed by atoms with E-state index in [1.807, 2.05) is 30.3 Å². The number of nitrogens with one attached hydrogen (secondary N) is 2. The molecular formula is C21H22N4O3. The molecule has 0 aliphatic heterocycles. The number of methoxy groups -OCH3 is 2. The summed E-state index contributed by atoms with van der Waals surface area (Å²) < 4.78 is 10.6. The van der Waals surface area contributed by atoms with E-state index in [4.69, 9.17) is 9.47 Å². The molecule has 0 spiro atoms. The van der Waals surface area contributed by atoms with Crippen LogP contribution in [0.3, 0.4) is 0 Å². The van der Waals surface area contributed by atoms with E-state index < -0.39 is 0 Å². The van der Waals surface area contributed by atoms with Gasteiger partial charge < -0.3 is 20.1 Å². The molecule has 7 heteroatoms. The summed E-state index contributed by atoms with van der Waals surface area (Å²) in [7, 11) is 3.17. The van der Waals surface area contributed by atoms with Crippen molar-refractivity contribution in [1.82, 2.24) is 15.3 Å². The number of amides is 1. The van der Waals surface area contributed by atoms with Gasteiger partial charge in [-0.1, -0.05) is 30.3 Å². The number of hydrogen-bond donors (Lipinski definition) is 2. The minimum Gasteiger partial charge on any atom is -0.497 e. The average molecular weight is 378 g/mol. The molecule has 144 valence electrons. The van der Waals surface area contributed by atoms with Crippen LogP contribution in [0.15, 0.2) is 60.9 Å². The molecule has 0 saturated carbocycles. The van der Waals surface area contributed by atoms with Crippen LogP contribution in [-0.2, 0) is 6.42 Å².